The molecule has 6 heteroatoms. The third-order valence-electron chi connectivity index (χ3n) is 4.14. The first kappa shape index (κ1) is 16.0. The Morgan fingerprint density at radius 1 is 1.24 bits per heavy atom. The molecule has 0 saturated heterocycles. The van der Waals surface area contributed by atoms with Crippen molar-refractivity contribution in [1.82, 2.24) is 0 Å². The van der Waals surface area contributed by atoms with E-state index in [0.717, 1.165) is 25.7 Å². The molecule has 1 amide bonds. The number of sulfonamides is 1. The molecule has 0 aliphatic heterocycles. The predicted octanol–water partition coefficient (Wildman–Crippen LogP) is 2.41. The maximum Gasteiger partial charge on any atom is 0.238 e. The fraction of sp³-hybridized carbons (Fsp3) is 0.533. The summed E-state index contributed by atoms with van der Waals surface area (Å²) >= 11 is 0. The molecular formula is C15H22N2O3S. The van der Waals surface area contributed by atoms with Crippen LogP contribution in [-0.2, 0) is 14.8 Å². The molecule has 1 aromatic carbocycles. The molecule has 116 valence electrons. The molecule has 1 aromatic rings. The molecule has 0 unspecified atom stereocenters. The number of amides is 1. The Morgan fingerprint density at radius 2 is 1.86 bits per heavy atom. The molecular weight excluding hydrogens is 288 g/mol. The monoisotopic (exact) mass is 310 g/mol. The van der Waals surface area contributed by atoms with E-state index in [9.17, 15) is 13.2 Å². The van der Waals surface area contributed by atoms with Crippen molar-refractivity contribution in [1.29, 1.82) is 0 Å². The highest BCUT2D eigenvalue weighted by molar-refractivity contribution is 7.89. The first-order valence-corrected chi connectivity index (χ1v) is 8.76. The van der Waals surface area contributed by atoms with Crippen molar-refractivity contribution in [3.63, 3.8) is 0 Å². The Hall–Kier alpha value is -1.40. The van der Waals surface area contributed by atoms with Crippen LogP contribution in [0.3, 0.4) is 0 Å². The maximum absolute atomic E-state index is 12.2. The Balaban J connectivity index is 2.07. The van der Waals surface area contributed by atoms with Crippen LogP contribution in [0.5, 0.6) is 0 Å². The van der Waals surface area contributed by atoms with E-state index in [1.54, 1.807) is 19.1 Å². The van der Waals surface area contributed by atoms with Gasteiger partial charge in [-0.15, -0.1) is 0 Å². The average molecular weight is 310 g/mol. The Bertz CT molecular complexity index is 632. The van der Waals surface area contributed by atoms with Crippen molar-refractivity contribution in [3.05, 3.63) is 23.8 Å². The van der Waals surface area contributed by atoms with Crippen LogP contribution < -0.4 is 10.5 Å². The van der Waals surface area contributed by atoms with E-state index >= 15 is 0 Å². The molecule has 1 fully saturated rings. The molecule has 0 aromatic heterocycles. The summed E-state index contributed by atoms with van der Waals surface area (Å²) in [6.07, 6.45) is 4.01. The summed E-state index contributed by atoms with van der Waals surface area (Å²) in [5, 5.41) is 8.00. The number of anilines is 1. The number of carbonyl (C=O) groups excluding carboxylic acids is 1. The van der Waals surface area contributed by atoms with Gasteiger partial charge in [0, 0.05) is 11.6 Å². The minimum Gasteiger partial charge on any atom is -0.326 e. The van der Waals surface area contributed by atoms with Gasteiger partial charge >= 0.3 is 0 Å². The highest BCUT2D eigenvalue weighted by atomic mass is 32.2. The zero-order chi connectivity index (χ0) is 15.6. The van der Waals surface area contributed by atoms with Crippen molar-refractivity contribution >= 4 is 21.6 Å². The fourth-order valence-electron chi connectivity index (χ4n) is 2.81. The summed E-state index contributed by atoms with van der Waals surface area (Å²) < 4.78 is 22.7. The normalized spacial score (nSPS) is 22.8. The second kappa shape index (κ2) is 6.15. The van der Waals surface area contributed by atoms with E-state index in [1.165, 1.54) is 6.07 Å². The lowest BCUT2D eigenvalue weighted by atomic mass is 9.82. The SMILES string of the molecule is Cc1cc(NC(=O)C2CCC(C)CC2)ccc1S(N)(=O)=O. The largest absolute Gasteiger partial charge is 0.326 e. The quantitative estimate of drug-likeness (QED) is 0.898. The standard InChI is InChI=1S/C15H22N2O3S/c1-10-3-5-12(6-4-10)15(18)17-13-7-8-14(11(2)9-13)21(16,19)20/h7-10,12H,3-6H2,1-2H3,(H,17,18)(H2,16,19,20). The van der Waals surface area contributed by atoms with Crippen LogP contribution in [-0.4, -0.2) is 14.3 Å². The molecule has 1 aliphatic carbocycles. The van der Waals surface area contributed by atoms with Gasteiger partial charge in [0.15, 0.2) is 0 Å². The molecule has 21 heavy (non-hydrogen) atoms. The van der Waals surface area contributed by atoms with Gasteiger partial charge in [-0.1, -0.05) is 6.92 Å². The van der Waals surface area contributed by atoms with Crippen LogP contribution in [0.15, 0.2) is 23.1 Å². The number of benzene rings is 1. The fourth-order valence-corrected chi connectivity index (χ4v) is 3.58. The molecule has 5 nitrogen and oxygen atoms in total. The van der Waals surface area contributed by atoms with Crippen molar-refractivity contribution in [3.8, 4) is 0 Å². The molecule has 0 heterocycles. The van der Waals surface area contributed by atoms with E-state index in [4.69, 9.17) is 5.14 Å². The van der Waals surface area contributed by atoms with Crippen molar-refractivity contribution in [2.75, 3.05) is 5.32 Å². The minimum atomic E-state index is -3.72. The summed E-state index contributed by atoms with van der Waals surface area (Å²) in [5.74, 6) is 0.773. The van der Waals surface area contributed by atoms with Crippen LogP contribution >= 0.6 is 0 Å². The summed E-state index contributed by atoms with van der Waals surface area (Å²) in [4.78, 5) is 12.3. The van der Waals surface area contributed by atoms with Crippen LogP contribution in [0.1, 0.15) is 38.2 Å². The first-order chi connectivity index (χ1) is 9.77. The maximum atomic E-state index is 12.2. The van der Waals surface area contributed by atoms with Gasteiger partial charge in [-0.05, 0) is 62.3 Å². The Labute approximate surface area is 126 Å². The average Bonchev–Trinajstić information content (AvgIpc) is 2.37. The third-order valence-corrected chi connectivity index (χ3v) is 5.21. The number of aryl methyl sites for hydroxylation is 1. The molecule has 1 aliphatic rings. The Morgan fingerprint density at radius 3 is 2.38 bits per heavy atom. The second-order valence-corrected chi connectivity index (χ2v) is 7.50. The topological polar surface area (TPSA) is 89.3 Å². The van der Waals surface area contributed by atoms with Gasteiger partial charge in [0.05, 0.1) is 4.90 Å². The molecule has 0 radical (unpaired) electrons. The smallest absolute Gasteiger partial charge is 0.238 e. The van der Waals surface area contributed by atoms with Crippen molar-refractivity contribution < 1.29 is 13.2 Å². The summed E-state index contributed by atoms with van der Waals surface area (Å²) in [5.41, 5.74) is 1.15. The van der Waals surface area contributed by atoms with Gasteiger partial charge in [0.1, 0.15) is 0 Å². The highest BCUT2D eigenvalue weighted by Crippen LogP contribution is 2.29. The van der Waals surface area contributed by atoms with E-state index in [1.807, 2.05) is 0 Å². The lowest BCUT2D eigenvalue weighted by molar-refractivity contribution is -0.121. The number of nitrogens with one attached hydrogen (secondary N) is 1. The molecule has 0 spiro atoms. The molecule has 3 N–H and O–H groups in total. The number of hydrogen-bond donors (Lipinski definition) is 2. The second-order valence-electron chi connectivity index (χ2n) is 5.97. The van der Waals surface area contributed by atoms with Crippen LogP contribution in [0.4, 0.5) is 5.69 Å². The summed E-state index contributed by atoms with van der Waals surface area (Å²) in [7, 11) is -3.72. The molecule has 0 bridgehead atoms. The predicted molar refractivity (Wildman–Crippen MR) is 82.3 cm³/mol. The number of primary sulfonamides is 1. The van der Waals surface area contributed by atoms with E-state index in [2.05, 4.69) is 12.2 Å². The first-order valence-electron chi connectivity index (χ1n) is 7.21. The highest BCUT2D eigenvalue weighted by Gasteiger charge is 2.24. The van der Waals surface area contributed by atoms with Gasteiger partial charge in [-0.3, -0.25) is 4.79 Å². The van der Waals surface area contributed by atoms with Crippen molar-refractivity contribution in [2.45, 2.75) is 44.4 Å². The summed E-state index contributed by atoms with van der Waals surface area (Å²) in [6, 6.07) is 4.66. The number of nitrogens with two attached hydrogens (primary N) is 1. The van der Waals surface area contributed by atoms with E-state index in [0.29, 0.717) is 17.2 Å². The van der Waals surface area contributed by atoms with Crippen LogP contribution in [0.25, 0.3) is 0 Å². The number of carbonyl (C=O) groups is 1. The van der Waals surface area contributed by atoms with E-state index < -0.39 is 10.0 Å². The minimum absolute atomic E-state index is 0.0182. The Kier molecular flexibility index (Phi) is 4.68. The van der Waals surface area contributed by atoms with Crippen molar-refractivity contribution in [2.24, 2.45) is 17.0 Å². The molecule has 1 saturated carbocycles. The zero-order valence-corrected chi connectivity index (χ0v) is 13.2. The molecule has 2 rings (SSSR count). The number of hydrogen-bond acceptors (Lipinski definition) is 3. The number of rotatable bonds is 3. The zero-order valence-electron chi connectivity index (χ0n) is 12.4. The van der Waals surface area contributed by atoms with Crippen LogP contribution in [0.2, 0.25) is 0 Å². The lowest BCUT2D eigenvalue weighted by Gasteiger charge is -2.25. The van der Waals surface area contributed by atoms with Crippen LogP contribution in [0, 0.1) is 18.8 Å². The van der Waals surface area contributed by atoms with Gasteiger partial charge in [0.2, 0.25) is 15.9 Å². The summed E-state index contributed by atoms with van der Waals surface area (Å²) in [6.45, 7) is 3.88. The molecule has 0 atom stereocenters. The third kappa shape index (κ3) is 4.04. The van der Waals surface area contributed by atoms with Gasteiger partial charge in [-0.25, -0.2) is 13.6 Å². The van der Waals surface area contributed by atoms with Gasteiger partial charge in [0.25, 0.3) is 0 Å². The lowest BCUT2D eigenvalue weighted by Crippen LogP contribution is -2.26. The van der Waals surface area contributed by atoms with Gasteiger partial charge < -0.3 is 5.32 Å². The van der Waals surface area contributed by atoms with Gasteiger partial charge in [-0.2, -0.15) is 0 Å². The van der Waals surface area contributed by atoms with E-state index in [-0.39, 0.29) is 16.7 Å².